The summed E-state index contributed by atoms with van der Waals surface area (Å²) in [5.41, 5.74) is 2.85. The van der Waals surface area contributed by atoms with E-state index in [2.05, 4.69) is 31.4 Å². The van der Waals surface area contributed by atoms with Crippen molar-refractivity contribution in [3.63, 3.8) is 0 Å². The van der Waals surface area contributed by atoms with Crippen molar-refractivity contribution in [1.29, 1.82) is 0 Å². The Morgan fingerprint density at radius 1 is 1.03 bits per heavy atom. The van der Waals surface area contributed by atoms with E-state index in [4.69, 9.17) is 0 Å². The van der Waals surface area contributed by atoms with Gasteiger partial charge in [0.15, 0.2) is 0 Å². The molecule has 0 saturated carbocycles. The van der Waals surface area contributed by atoms with E-state index in [0.717, 1.165) is 12.1 Å². The lowest BCUT2D eigenvalue weighted by atomic mass is 9.86. The maximum absolute atomic E-state index is 12.8. The molecule has 2 amide bonds. The van der Waals surface area contributed by atoms with E-state index in [0.29, 0.717) is 18.7 Å². The highest BCUT2D eigenvalue weighted by molar-refractivity contribution is 5.97. The van der Waals surface area contributed by atoms with Crippen LogP contribution in [0.3, 0.4) is 0 Å². The average Bonchev–Trinajstić information content (AvgIpc) is 3.16. The van der Waals surface area contributed by atoms with Crippen molar-refractivity contribution in [2.24, 2.45) is 0 Å². The van der Waals surface area contributed by atoms with Gasteiger partial charge in [0, 0.05) is 30.4 Å². The van der Waals surface area contributed by atoms with Crippen LogP contribution in [0.15, 0.2) is 54.6 Å². The molecular weight excluding hydrogens is 362 g/mol. The number of carbonyl (C=O) groups is 2. The van der Waals surface area contributed by atoms with Crippen LogP contribution in [-0.4, -0.2) is 41.9 Å². The molecule has 1 aliphatic heterocycles. The van der Waals surface area contributed by atoms with Crippen molar-refractivity contribution in [3.05, 3.63) is 65.7 Å². The summed E-state index contributed by atoms with van der Waals surface area (Å²) in [7, 11) is 0. The molecule has 3 rings (SSSR count). The second-order valence-corrected chi connectivity index (χ2v) is 8.80. The number of benzene rings is 2. The molecule has 1 aliphatic rings. The fraction of sp³-hybridized carbons (Fsp3) is 0.417. The summed E-state index contributed by atoms with van der Waals surface area (Å²) in [5.74, 6) is -0.258. The smallest absolute Gasteiger partial charge is 0.251 e. The molecule has 154 valence electrons. The van der Waals surface area contributed by atoms with E-state index >= 15 is 0 Å². The van der Waals surface area contributed by atoms with Gasteiger partial charge in [0.05, 0.1) is 0 Å². The normalized spacial score (nSPS) is 17.7. The summed E-state index contributed by atoms with van der Waals surface area (Å²) in [6.45, 7) is 9.51. The molecule has 2 aromatic rings. The van der Waals surface area contributed by atoms with Crippen LogP contribution in [0.1, 0.15) is 50.0 Å². The molecule has 0 spiro atoms. The second kappa shape index (κ2) is 8.68. The van der Waals surface area contributed by atoms with Crippen LogP contribution in [0, 0.1) is 0 Å². The Balaban J connectivity index is 1.53. The van der Waals surface area contributed by atoms with Crippen molar-refractivity contribution in [1.82, 2.24) is 10.2 Å². The van der Waals surface area contributed by atoms with E-state index in [9.17, 15) is 9.59 Å². The molecule has 0 bridgehead atoms. The van der Waals surface area contributed by atoms with E-state index in [-0.39, 0.29) is 23.3 Å². The topological polar surface area (TPSA) is 61.4 Å². The van der Waals surface area contributed by atoms with Gasteiger partial charge in [-0.1, -0.05) is 51.1 Å². The van der Waals surface area contributed by atoms with Gasteiger partial charge in [-0.25, -0.2) is 0 Å². The summed E-state index contributed by atoms with van der Waals surface area (Å²) in [4.78, 5) is 27.2. The van der Waals surface area contributed by atoms with Crippen molar-refractivity contribution < 1.29 is 9.59 Å². The third kappa shape index (κ3) is 5.37. The monoisotopic (exact) mass is 393 g/mol. The SMILES string of the molecule is CC(NC(=O)c1ccc(C(C)(C)C)cc1)C(=O)N1CCC(Nc2ccccc2)C1. The number of nitrogens with zero attached hydrogens (tertiary/aromatic N) is 1. The molecule has 2 atom stereocenters. The highest BCUT2D eigenvalue weighted by atomic mass is 16.2. The fourth-order valence-corrected chi connectivity index (χ4v) is 3.59. The predicted octanol–water partition coefficient (Wildman–Crippen LogP) is 3.82. The number of rotatable bonds is 5. The van der Waals surface area contributed by atoms with Gasteiger partial charge < -0.3 is 15.5 Å². The molecule has 0 aliphatic carbocycles. The van der Waals surface area contributed by atoms with E-state index < -0.39 is 6.04 Å². The maximum atomic E-state index is 12.8. The molecule has 2 unspecified atom stereocenters. The fourth-order valence-electron chi connectivity index (χ4n) is 3.59. The van der Waals surface area contributed by atoms with Crippen LogP contribution in [-0.2, 0) is 10.2 Å². The number of carbonyl (C=O) groups excluding carboxylic acids is 2. The Bertz CT molecular complexity index is 841. The zero-order chi connectivity index (χ0) is 21.0. The minimum absolute atomic E-state index is 0.0398. The molecule has 5 nitrogen and oxygen atoms in total. The first-order valence-electron chi connectivity index (χ1n) is 10.3. The Morgan fingerprint density at radius 2 is 1.69 bits per heavy atom. The molecular formula is C24H31N3O2. The zero-order valence-corrected chi connectivity index (χ0v) is 17.7. The Labute approximate surface area is 173 Å². The molecule has 1 saturated heterocycles. The number of likely N-dealkylation sites (tertiary alicyclic amines) is 1. The molecule has 2 N–H and O–H groups in total. The van der Waals surface area contributed by atoms with Gasteiger partial charge in [-0.15, -0.1) is 0 Å². The molecule has 0 radical (unpaired) electrons. The lowest BCUT2D eigenvalue weighted by Crippen LogP contribution is -2.46. The van der Waals surface area contributed by atoms with Crippen molar-refractivity contribution in [2.75, 3.05) is 18.4 Å². The van der Waals surface area contributed by atoms with Gasteiger partial charge in [-0.05, 0) is 48.6 Å². The van der Waals surface area contributed by atoms with Crippen LogP contribution in [0.25, 0.3) is 0 Å². The average molecular weight is 394 g/mol. The quantitative estimate of drug-likeness (QED) is 0.812. The van der Waals surface area contributed by atoms with E-state index in [1.165, 1.54) is 5.56 Å². The molecule has 0 aromatic heterocycles. The van der Waals surface area contributed by atoms with Crippen LogP contribution in [0.5, 0.6) is 0 Å². The van der Waals surface area contributed by atoms with Crippen LogP contribution < -0.4 is 10.6 Å². The molecule has 5 heteroatoms. The lowest BCUT2D eigenvalue weighted by Gasteiger charge is -2.22. The third-order valence-electron chi connectivity index (χ3n) is 5.38. The zero-order valence-electron chi connectivity index (χ0n) is 17.7. The Morgan fingerprint density at radius 3 is 2.31 bits per heavy atom. The second-order valence-electron chi connectivity index (χ2n) is 8.80. The molecule has 1 heterocycles. The van der Waals surface area contributed by atoms with E-state index in [1.807, 2.05) is 59.5 Å². The first-order valence-corrected chi connectivity index (χ1v) is 10.3. The number of anilines is 1. The van der Waals surface area contributed by atoms with Gasteiger partial charge in [-0.3, -0.25) is 9.59 Å². The molecule has 29 heavy (non-hydrogen) atoms. The first kappa shape index (κ1) is 20.9. The highest BCUT2D eigenvalue weighted by Crippen LogP contribution is 2.22. The van der Waals surface area contributed by atoms with Crippen LogP contribution in [0.4, 0.5) is 5.69 Å². The van der Waals surface area contributed by atoms with Gasteiger partial charge in [0.1, 0.15) is 6.04 Å². The largest absolute Gasteiger partial charge is 0.380 e. The van der Waals surface area contributed by atoms with E-state index in [1.54, 1.807) is 6.92 Å². The lowest BCUT2D eigenvalue weighted by molar-refractivity contribution is -0.131. The summed E-state index contributed by atoms with van der Waals surface area (Å²) >= 11 is 0. The Kier molecular flexibility index (Phi) is 6.26. The standard InChI is InChI=1S/C24H31N3O2/c1-17(25-22(28)18-10-12-19(13-11-18)24(2,3)4)23(29)27-15-14-21(16-27)26-20-8-6-5-7-9-20/h5-13,17,21,26H,14-16H2,1-4H3,(H,25,28). The molecule has 2 aromatic carbocycles. The predicted molar refractivity (Wildman–Crippen MR) is 117 cm³/mol. The summed E-state index contributed by atoms with van der Waals surface area (Å²) in [6.07, 6.45) is 0.898. The van der Waals surface area contributed by atoms with Crippen molar-refractivity contribution >= 4 is 17.5 Å². The summed E-state index contributed by atoms with van der Waals surface area (Å²) < 4.78 is 0. The first-order chi connectivity index (χ1) is 13.7. The molecule has 1 fully saturated rings. The number of para-hydroxylation sites is 1. The van der Waals surface area contributed by atoms with Crippen LogP contribution in [0.2, 0.25) is 0 Å². The van der Waals surface area contributed by atoms with Gasteiger partial charge in [-0.2, -0.15) is 0 Å². The number of amides is 2. The van der Waals surface area contributed by atoms with Crippen molar-refractivity contribution in [3.8, 4) is 0 Å². The number of hydrogen-bond acceptors (Lipinski definition) is 3. The number of nitrogens with one attached hydrogen (secondary N) is 2. The maximum Gasteiger partial charge on any atom is 0.251 e. The minimum atomic E-state index is -0.555. The number of hydrogen-bond donors (Lipinski definition) is 2. The van der Waals surface area contributed by atoms with Gasteiger partial charge in [0.25, 0.3) is 5.91 Å². The van der Waals surface area contributed by atoms with Gasteiger partial charge >= 0.3 is 0 Å². The van der Waals surface area contributed by atoms with Crippen molar-refractivity contribution in [2.45, 2.75) is 51.6 Å². The summed E-state index contributed by atoms with van der Waals surface area (Å²) in [6, 6.07) is 17.3. The van der Waals surface area contributed by atoms with Gasteiger partial charge in [0.2, 0.25) is 5.91 Å². The van der Waals surface area contributed by atoms with Crippen LogP contribution >= 0.6 is 0 Å². The summed E-state index contributed by atoms with van der Waals surface area (Å²) in [5, 5.41) is 6.31. The Hall–Kier alpha value is -2.82. The third-order valence-corrected chi connectivity index (χ3v) is 5.38. The highest BCUT2D eigenvalue weighted by Gasteiger charge is 2.29. The minimum Gasteiger partial charge on any atom is -0.380 e.